The Hall–Kier alpha value is -2.67. The number of fused-ring (bicyclic) bond motifs is 1. The molecule has 2 heterocycles. The number of aryl methyl sites for hydroxylation is 1. The summed E-state index contributed by atoms with van der Waals surface area (Å²) in [6.07, 6.45) is 7.78. The van der Waals surface area contributed by atoms with Crippen molar-refractivity contribution in [3.8, 4) is 0 Å². The zero-order valence-electron chi connectivity index (χ0n) is 16.9. The summed E-state index contributed by atoms with van der Waals surface area (Å²) in [7, 11) is 0. The van der Waals surface area contributed by atoms with Crippen LogP contribution >= 0.6 is 0 Å². The summed E-state index contributed by atoms with van der Waals surface area (Å²) < 4.78 is 0. The summed E-state index contributed by atoms with van der Waals surface area (Å²) in [6.45, 7) is 5.59. The summed E-state index contributed by atoms with van der Waals surface area (Å²) >= 11 is 0. The summed E-state index contributed by atoms with van der Waals surface area (Å²) in [5, 5.41) is 6.18. The van der Waals surface area contributed by atoms with Gasteiger partial charge in [0.05, 0.1) is 6.04 Å². The first-order valence-corrected chi connectivity index (χ1v) is 10.7. The number of piperazine rings is 1. The van der Waals surface area contributed by atoms with Crippen LogP contribution < -0.4 is 15.5 Å². The number of carbonyl (C=O) groups is 1. The van der Waals surface area contributed by atoms with Crippen LogP contribution in [0, 0.1) is 0 Å². The first-order valence-electron chi connectivity index (χ1n) is 10.7. The average molecular weight is 395 g/mol. The third-order valence-corrected chi connectivity index (χ3v) is 5.82. The van der Waals surface area contributed by atoms with Gasteiger partial charge in [-0.1, -0.05) is 24.3 Å². The number of urea groups is 1. The molecule has 154 valence electrons. The van der Waals surface area contributed by atoms with Gasteiger partial charge in [-0.05, 0) is 49.4 Å². The minimum Gasteiger partial charge on any atom is -0.338 e. The van der Waals surface area contributed by atoms with E-state index < -0.39 is 0 Å². The third-order valence-electron chi connectivity index (χ3n) is 5.82. The molecule has 0 spiro atoms. The molecule has 1 atom stereocenters. The summed E-state index contributed by atoms with van der Waals surface area (Å²) in [6, 6.07) is 10.4. The van der Waals surface area contributed by atoms with Gasteiger partial charge in [0, 0.05) is 45.1 Å². The average Bonchev–Trinajstić information content (AvgIpc) is 2.78. The molecule has 4 rings (SSSR count). The van der Waals surface area contributed by atoms with Crippen LogP contribution in [0.15, 0.2) is 42.7 Å². The second kappa shape index (κ2) is 9.69. The molecule has 1 aromatic heterocycles. The van der Waals surface area contributed by atoms with E-state index in [-0.39, 0.29) is 12.1 Å². The number of hydrogen-bond donors (Lipinski definition) is 2. The Balaban J connectivity index is 1.13. The Morgan fingerprint density at radius 2 is 1.86 bits per heavy atom. The van der Waals surface area contributed by atoms with E-state index in [1.165, 1.54) is 11.1 Å². The van der Waals surface area contributed by atoms with Gasteiger partial charge in [-0.3, -0.25) is 4.90 Å². The lowest BCUT2D eigenvalue weighted by Gasteiger charge is -2.34. The van der Waals surface area contributed by atoms with Crippen LogP contribution in [0.2, 0.25) is 0 Å². The molecule has 7 heteroatoms. The molecule has 1 saturated heterocycles. The molecule has 29 heavy (non-hydrogen) atoms. The van der Waals surface area contributed by atoms with E-state index in [2.05, 4.69) is 54.7 Å². The molecule has 2 N–H and O–H groups in total. The van der Waals surface area contributed by atoms with Crippen molar-refractivity contribution in [3.05, 3.63) is 53.9 Å². The molecule has 0 radical (unpaired) electrons. The smallest absolute Gasteiger partial charge is 0.315 e. The standard InChI is InChI=1S/C22H30N6O/c29-22(26-20-9-3-7-18-6-1-2-8-19(18)20)25-12-5-13-27-14-16-28(17-15-27)21-23-10-4-11-24-21/h1-2,4,6,8,10-11,20H,3,5,7,9,12-17H2,(H2,25,26,29). The molecule has 1 aromatic carbocycles. The van der Waals surface area contributed by atoms with Crippen LogP contribution in [0.1, 0.15) is 36.4 Å². The van der Waals surface area contributed by atoms with Crippen molar-refractivity contribution < 1.29 is 4.79 Å². The fourth-order valence-electron chi connectivity index (χ4n) is 4.24. The van der Waals surface area contributed by atoms with Gasteiger partial charge in [0.25, 0.3) is 0 Å². The fraction of sp³-hybridized carbons (Fsp3) is 0.500. The summed E-state index contributed by atoms with van der Waals surface area (Å²) in [4.78, 5) is 25.6. The zero-order valence-corrected chi connectivity index (χ0v) is 16.9. The van der Waals surface area contributed by atoms with Crippen LogP contribution in [0.3, 0.4) is 0 Å². The second-order valence-corrected chi connectivity index (χ2v) is 7.77. The molecule has 1 unspecified atom stereocenters. The number of aromatic nitrogens is 2. The van der Waals surface area contributed by atoms with E-state index in [0.29, 0.717) is 6.54 Å². The highest BCUT2D eigenvalue weighted by atomic mass is 16.2. The Bertz CT molecular complexity index is 791. The maximum Gasteiger partial charge on any atom is 0.315 e. The molecule has 1 aliphatic carbocycles. The van der Waals surface area contributed by atoms with E-state index in [9.17, 15) is 4.79 Å². The van der Waals surface area contributed by atoms with Gasteiger partial charge in [-0.25, -0.2) is 14.8 Å². The highest BCUT2D eigenvalue weighted by Crippen LogP contribution is 2.29. The van der Waals surface area contributed by atoms with Crippen molar-refractivity contribution in [1.82, 2.24) is 25.5 Å². The minimum absolute atomic E-state index is 0.0576. The lowest BCUT2D eigenvalue weighted by molar-refractivity contribution is 0.231. The minimum atomic E-state index is -0.0576. The molecule has 1 fully saturated rings. The predicted octanol–water partition coefficient (Wildman–Crippen LogP) is 2.37. The second-order valence-electron chi connectivity index (χ2n) is 7.77. The predicted molar refractivity (Wildman–Crippen MR) is 114 cm³/mol. The van der Waals surface area contributed by atoms with Crippen LogP contribution in [-0.2, 0) is 6.42 Å². The molecule has 2 amide bonds. The molecular weight excluding hydrogens is 364 g/mol. The van der Waals surface area contributed by atoms with Crippen molar-refractivity contribution in [2.75, 3.05) is 44.2 Å². The first-order chi connectivity index (χ1) is 14.3. The number of carbonyl (C=O) groups excluding carboxylic acids is 1. The molecular formula is C22H30N6O. The van der Waals surface area contributed by atoms with E-state index in [1.807, 2.05) is 6.07 Å². The van der Waals surface area contributed by atoms with Crippen LogP contribution in [-0.4, -0.2) is 60.2 Å². The number of anilines is 1. The molecule has 0 saturated carbocycles. The number of nitrogens with zero attached hydrogens (tertiary/aromatic N) is 4. The van der Waals surface area contributed by atoms with Gasteiger partial charge in [-0.15, -0.1) is 0 Å². The van der Waals surface area contributed by atoms with Gasteiger partial charge in [0.1, 0.15) is 0 Å². The Kier molecular flexibility index (Phi) is 6.56. The molecule has 1 aliphatic heterocycles. The van der Waals surface area contributed by atoms with Gasteiger partial charge < -0.3 is 15.5 Å². The molecule has 0 bridgehead atoms. The number of nitrogens with one attached hydrogen (secondary N) is 2. The maximum absolute atomic E-state index is 12.3. The van der Waals surface area contributed by atoms with E-state index >= 15 is 0 Å². The van der Waals surface area contributed by atoms with Gasteiger partial charge >= 0.3 is 6.03 Å². The largest absolute Gasteiger partial charge is 0.338 e. The van der Waals surface area contributed by atoms with E-state index in [0.717, 1.165) is 64.4 Å². The molecule has 7 nitrogen and oxygen atoms in total. The number of hydrogen-bond acceptors (Lipinski definition) is 5. The summed E-state index contributed by atoms with van der Waals surface area (Å²) in [5.41, 5.74) is 2.64. The topological polar surface area (TPSA) is 73.4 Å². The zero-order chi connectivity index (χ0) is 19.9. The highest BCUT2D eigenvalue weighted by molar-refractivity contribution is 5.74. The Morgan fingerprint density at radius 1 is 1.07 bits per heavy atom. The quantitative estimate of drug-likeness (QED) is 0.736. The first kappa shape index (κ1) is 19.6. The van der Waals surface area contributed by atoms with Crippen LogP contribution in [0.5, 0.6) is 0 Å². The number of amides is 2. The van der Waals surface area contributed by atoms with Gasteiger partial charge in [0.15, 0.2) is 0 Å². The highest BCUT2D eigenvalue weighted by Gasteiger charge is 2.21. The van der Waals surface area contributed by atoms with Crippen molar-refractivity contribution in [2.24, 2.45) is 0 Å². The maximum atomic E-state index is 12.3. The fourth-order valence-corrected chi connectivity index (χ4v) is 4.24. The molecule has 2 aromatic rings. The normalized spacial score (nSPS) is 19.4. The van der Waals surface area contributed by atoms with Crippen molar-refractivity contribution >= 4 is 12.0 Å². The lowest BCUT2D eigenvalue weighted by Crippen LogP contribution is -2.47. The van der Waals surface area contributed by atoms with Gasteiger partial charge in [0.2, 0.25) is 5.95 Å². The number of rotatable bonds is 6. The Labute approximate surface area is 172 Å². The number of benzene rings is 1. The monoisotopic (exact) mass is 394 g/mol. The van der Waals surface area contributed by atoms with Crippen molar-refractivity contribution in [3.63, 3.8) is 0 Å². The van der Waals surface area contributed by atoms with Crippen molar-refractivity contribution in [1.29, 1.82) is 0 Å². The SMILES string of the molecule is O=C(NCCCN1CCN(c2ncccn2)CC1)NC1CCCc2ccccc21. The van der Waals surface area contributed by atoms with Crippen LogP contribution in [0.4, 0.5) is 10.7 Å². The van der Waals surface area contributed by atoms with E-state index in [4.69, 9.17) is 0 Å². The van der Waals surface area contributed by atoms with Crippen LogP contribution in [0.25, 0.3) is 0 Å². The molecule has 2 aliphatic rings. The third kappa shape index (κ3) is 5.23. The van der Waals surface area contributed by atoms with Crippen molar-refractivity contribution in [2.45, 2.75) is 31.7 Å². The van der Waals surface area contributed by atoms with Gasteiger partial charge in [-0.2, -0.15) is 0 Å². The Morgan fingerprint density at radius 3 is 2.69 bits per heavy atom. The lowest BCUT2D eigenvalue weighted by atomic mass is 9.88. The van der Waals surface area contributed by atoms with E-state index in [1.54, 1.807) is 12.4 Å². The summed E-state index contributed by atoms with van der Waals surface area (Å²) in [5.74, 6) is 0.815.